The quantitative estimate of drug-likeness (QED) is 0.668. The number of halogens is 1. The molecule has 0 amide bonds. The average molecular weight is 291 g/mol. The summed E-state index contributed by atoms with van der Waals surface area (Å²) in [6, 6.07) is 9.90. The predicted molar refractivity (Wildman–Crippen MR) is 74.8 cm³/mol. The van der Waals surface area contributed by atoms with Crippen LogP contribution in [0.4, 0.5) is 10.1 Å². The molecule has 110 valence electrons. The fourth-order valence-electron chi connectivity index (χ4n) is 1.87. The van der Waals surface area contributed by atoms with Gasteiger partial charge in [-0.2, -0.15) is 0 Å². The Morgan fingerprint density at radius 3 is 2.62 bits per heavy atom. The van der Waals surface area contributed by atoms with Gasteiger partial charge in [0.25, 0.3) is 5.69 Å². The molecule has 0 radical (unpaired) electrons. The van der Waals surface area contributed by atoms with Crippen molar-refractivity contribution in [1.82, 2.24) is 0 Å². The average Bonchev–Trinajstić information content (AvgIpc) is 2.49. The number of nitrogens with zero attached hydrogens (tertiary/aromatic N) is 1. The molecule has 0 saturated heterocycles. The number of hydrogen-bond acceptors (Lipinski definition) is 4. The number of non-ortho nitro benzene ring substituents is 1. The summed E-state index contributed by atoms with van der Waals surface area (Å²) in [5.74, 6) is -0.638. The zero-order valence-electron chi connectivity index (χ0n) is 11.3. The lowest BCUT2D eigenvalue weighted by Crippen LogP contribution is -1.99. The van der Waals surface area contributed by atoms with E-state index in [1.54, 1.807) is 24.3 Å². The molecule has 1 atom stereocenters. The van der Waals surface area contributed by atoms with Gasteiger partial charge in [-0.25, -0.2) is 4.39 Å². The molecule has 0 fully saturated rings. The molecule has 5 nitrogen and oxygen atoms in total. The molecule has 0 heterocycles. The van der Waals surface area contributed by atoms with Crippen molar-refractivity contribution >= 4 is 5.69 Å². The van der Waals surface area contributed by atoms with E-state index in [0.29, 0.717) is 17.7 Å². The largest absolute Gasteiger partial charge is 0.454 e. The van der Waals surface area contributed by atoms with Crippen molar-refractivity contribution in [3.8, 4) is 11.5 Å². The topological polar surface area (TPSA) is 72.6 Å². The van der Waals surface area contributed by atoms with E-state index in [1.807, 2.05) is 6.92 Å². The second kappa shape index (κ2) is 6.32. The molecular formula is C15H14FNO4. The first-order chi connectivity index (χ1) is 10.0. The lowest BCUT2D eigenvalue weighted by molar-refractivity contribution is -0.385. The Labute approximate surface area is 120 Å². The summed E-state index contributed by atoms with van der Waals surface area (Å²) in [6.45, 7) is 1.81. The van der Waals surface area contributed by atoms with Crippen molar-refractivity contribution in [3.05, 3.63) is 64.0 Å². The van der Waals surface area contributed by atoms with Gasteiger partial charge in [0.2, 0.25) is 0 Å². The van der Waals surface area contributed by atoms with Crippen LogP contribution in [-0.2, 0) is 0 Å². The van der Waals surface area contributed by atoms with Gasteiger partial charge < -0.3 is 9.84 Å². The van der Waals surface area contributed by atoms with Gasteiger partial charge in [0, 0.05) is 11.6 Å². The molecular weight excluding hydrogens is 277 g/mol. The van der Waals surface area contributed by atoms with Gasteiger partial charge in [-0.3, -0.25) is 10.1 Å². The van der Waals surface area contributed by atoms with Gasteiger partial charge in [-0.1, -0.05) is 25.1 Å². The van der Waals surface area contributed by atoms with Crippen LogP contribution in [0.2, 0.25) is 0 Å². The fourth-order valence-corrected chi connectivity index (χ4v) is 1.87. The van der Waals surface area contributed by atoms with E-state index in [1.165, 1.54) is 6.07 Å². The normalized spacial score (nSPS) is 12.0. The maximum atomic E-state index is 13.8. The smallest absolute Gasteiger partial charge is 0.272 e. The first-order valence-electron chi connectivity index (χ1n) is 6.41. The summed E-state index contributed by atoms with van der Waals surface area (Å²) in [6.07, 6.45) is -0.231. The molecule has 0 aliphatic rings. The van der Waals surface area contributed by atoms with Crippen LogP contribution in [0.25, 0.3) is 0 Å². The van der Waals surface area contributed by atoms with Crippen LogP contribution in [-0.4, -0.2) is 10.0 Å². The van der Waals surface area contributed by atoms with Crippen LogP contribution in [0.15, 0.2) is 42.5 Å². The molecule has 0 bridgehead atoms. The molecule has 0 spiro atoms. The number of ether oxygens (including phenoxy) is 1. The highest BCUT2D eigenvalue weighted by molar-refractivity contribution is 5.42. The molecule has 2 aromatic rings. The molecule has 0 aromatic heterocycles. The molecule has 0 saturated carbocycles. The molecule has 21 heavy (non-hydrogen) atoms. The van der Waals surface area contributed by atoms with Crippen LogP contribution in [0.3, 0.4) is 0 Å². The highest BCUT2D eigenvalue weighted by Crippen LogP contribution is 2.33. The second-order valence-electron chi connectivity index (χ2n) is 4.44. The summed E-state index contributed by atoms with van der Waals surface area (Å²) in [4.78, 5) is 9.89. The first-order valence-corrected chi connectivity index (χ1v) is 6.41. The third-order valence-electron chi connectivity index (χ3n) is 3.01. The Morgan fingerprint density at radius 1 is 1.29 bits per heavy atom. The second-order valence-corrected chi connectivity index (χ2v) is 4.44. The van der Waals surface area contributed by atoms with Crippen LogP contribution >= 0.6 is 0 Å². The van der Waals surface area contributed by atoms with Crippen LogP contribution in [0, 0.1) is 15.9 Å². The standard InChI is InChI=1S/C15H14FNO4/c1-2-13(18)11-5-3-4-6-14(11)21-15-8-7-10(17(19)20)9-12(15)16/h3-9,13,18H,2H2,1H3/t13-/m0/s1. The molecule has 0 aliphatic heterocycles. The van der Waals surface area contributed by atoms with Crippen LogP contribution in [0.5, 0.6) is 11.5 Å². The van der Waals surface area contributed by atoms with Crippen molar-refractivity contribution < 1.29 is 19.2 Å². The van der Waals surface area contributed by atoms with Gasteiger partial charge in [0.05, 0.1) is 17.1 Å². The summed E-state index contributed by atoms with van der Waals surface area (Å²) in [7, 11) is 0. The van der Waals surface area contributed by atoms with E-state index in [9.17, 15) is 19.6 Å². The van der Waals surface area contributed by atoms with Crippen molar-refractivity contribution in [2.24, 2.45) is 0 Å². The minimum Gasteiger partial charge on any atom is -0.454 e. The third-order valence-corrected chi connectivity index (χ3v) is 3.01. The number of rotatable bonds is 5. The Bertz CT molecular complexity index is 660. The van der Waals surface area contributed by atoms with Gasteiger partial charge in [-0.15, -0.1) is 0 Å². The molecule has 2 aromatic carbocycles. The number of hydrogen-bond donors (Lipinski definition) is 1. The number of aliphatic hydroxyl groups excluding tert-OH is 1. The van der Waals surface area contributed by atoms with Gasteiger partial charge in [0.1, 0.15) is 5.75 Å². The summed E-state index contributed by atoms with van der Waals surface area (Å²) < 4.78 is 19.3. The molecule has 6 heteroatoms. The monoisotopic (exact) mass is 291 g/mol. The fraction of sp³-hybridized carbons (Fsp3) is 0.200. The van der Waals surface area contributed by atoms with E-state index < -0.39 is 16.8 Å². The van der Waals surface area contributed by atoms with E-state index in [0.717, 1.165) is 12.1 Å². The Hall–Kier alpha value is -2.47. The number of aliphatic hydroxyl groups is 1. The number of nitro groups is 1. The Kier molecular flexibility index (Phi) is 4.49. The SMILES string of the molecule is CC[C@H](O)c1ccccc1Oc1ccc([N+](=O)[O-])cc1F. The van der Waals surface area contributed by atoms with Crippen molar-refractivity contribution in [2.75, 3.05) is 0 Å². The van der Waals surface area contributed by atoms with Crippen molar-refractivity contribution in [1.29, 1.82) is 0 Å². The molecule has 2 rings (SSSR count). The van der Waals surface area contributed by atoms with Gasteiger partial charge >= 0.3 is 0 Å². The maximum absolute atomic E-state index is 13.8. The van der Waals surface area contributed by atoms with Gasteiger partial charge in [0.15, 0.2) is 11.6 Å². The zero-order chi connectivity index (χ0) is 15.4. The van der Waals surface area contributed by atoms with E-state index in [4.69, 9.17) is 4.74 Å². The molecule has 1 N–H and O–H groups in total. The lowest BCUT2D eigenvalue weighted by Gasteiger charge is -2.14. The van der Waals surface area contributed by atoms with Crippen LogP contribution < -0.4 is 4.74 Å². The molecule has 0 aliphatic carbocycles. The van der Waals surface area contributed by atoms with Crippen LogP contribution in [0.1, 0.15) is 25.0 Å². The summed E-state index contributed by atoms with van der Waals surface area (Å²) >= 11 is 0. The summed E-state index contributed by atoms with van der Waals surface area (Å²) in [5.41, 5.74) is 0.194. The Morgan fingerprint density at radius 2 is 2.00 bits per heavy atom. The van der Waals surface area contributed by atoms with Gasteiger partial charge in [-0.05, 0) is 18.6 Å². The first kappa shape index (κ1) is 14.9. The number of nitro benzene ring substituents is 1. The van der Waals surface area contributed by atoms with E-state index >= 15 is 0 Å². The highest BCUT2D eigenvalue weighted by Gasteiger charge is 2.15. The van der Waals surface area contributed by atoms with Crippen molar-refractivity contribution in [3.63, 3.8) is 0 Å². The van der Waals surface area contributed by atoms with E-state index in [-0.39, 0.29) is 11.4 Å². The predicted octanol–water partition coefficient (Wildman–Crippen LogP) is 3.97. The minimum absolute atomic E-state index is 0.128. The highest BCUT2D eigenvalue weighted by atomic mass is 19.1. The van der Waals surface area contributed by atoms with E-state index in [2.05, 4.69) is 0 Å². The molecule has 0 unspecified atom stereocenters. The lowest BCUT2D eigenvalue weighted by atomic mass is 10.1. The number of benzene rings is 2. The summed E-state index contributed by atoms with van der Waals surface area (Å²) in [5, 5.41) is 20.5. The Balaban J connectivity index is 2.33. The van der Waals surface area contributed by atoms with Crippen molar-refractivity contribution in [2.45, 2.75) is 19.4 Å². The maximum Gasteiger partial charge on any atom is 0.272 e. The third kappa shape index (κ3) is 3.35. The zero-order valence-corrected chi connectivity index (χ0v) is 11.3. The number of para-hydroxylation sites is 1. The minimum atomic E-state index is -0.829.